The normalized spacial score (nSPS) is 13.9. The zero-order chi connectivity index (χ0) is 23.2. The van der Waals surface area contributed by atoms with Crippen LogP contribution in [0.4, 0.5) is 0 Å². The molecule has 0 N–H and O–H groups in total. The van der Waals surface area contributed by atoms with Crippen molar-refractivity contribution in [3.8, 4) is 11.4 Å². The van der Waals surface area contributed by atoms with E-state index in [-0.39, 0.29) is 0 Å². The van der Waals surface area contributed by atoms with E-state index >= 15 is 0 Å². The molecular weight excluding hydrogens is 412 g/mol. The van der Waals surface area contributed by atoms with Crippen LogP contribution in [-0.4, -0.2) is 9.97 Å². The average Bonchev–Trinajstić information content (AvgIpc) is 2.92. The number of aromatic nitrogens is 2. The van der Waals surface area contributed by atoms with Crippen molar-refractivity contribution in [2.75, 3.05) is 0 Å². The summed E-state index contributed by atoms with van der Waals surface area (Å²) in [4.78, 5) is 9.79. The molecule has 0 atom stereocenters. The van der Waals surface area contributed by atoms with Crippen LogP contribution >= 0.6 is 0 Å². The molecule has 0 unspecified atom stereocenters. The van der Waals surface area contributed by atoms with E-state index in [1.54, 1.807) is 0 Å². The quantitative estimate of drug-likeness (QED) is 0.283. The van der Waals surface area contributed by atoms with Crippen molar-refractivity contribution in [2.45, 2.75) is 12.8 Å². The molecule has 0 bridgehead atoms. The Morgan fingerprint density at radius 2 is 1.53 bits per heavy atom. The summed E-state index contributed by atoms with van der Waals surface area (Å²) >= 11 is 0. The lowest BCUT2D eigenvalue weighted by molar-refractivity contribution is 1.03. The number of hydrogen-bond acceptors (Lipinski definition) is 2. The van der Waals surface area contributed by atoms with Gasteiger partial charge < -0.3 is 0 Å². The van der Waals surface area contributed by atoms with Crippen molar-refractivity contribution in [3.63, 3.8) is 0 Å². The summed E-state index contributed by atoms with van der Waals surface area (Å²) < 4.78 is 0. The highest BCUT2D eigenvalue weighted by molar-refractivity contribution is 5.96. The number of allylic oxidation sites excluding steroid dienone is 9. The van der Waals surface area contributed by atoms with Gasteiger partial charge in [-0.15, -0.1) is 0 Å². The SMILES string of the molecule is C=C(/C=C(\C=C\C1=CCCC=C1)c1ccccc1)c1nc(-c2ccccc2)nc2ccccc12. The second kappa shape index (κ2) is 10.1. The molecule has 1 aromatic heterocycles. The maximum Gasteiger partial charge on any atom is 0.160 e. The van der Waals surface area contributed by atoms with Gasteiger partial charge in [-0.05, 0) is 47.3 Å². The number of para-hydroxylation sites is 1. The van der Waals surface area contributed by atoms with Crippen LogP contribution in [0.5, 0.6) is 0 Å². The smallest absolute Gasteiger partial charge is 0.160 e. The fourth-order valence-corrected chi connectivity index (χ4v) is 4.10. The minimum Gasteiger partial charge on any atom is -0.228 e. The lowest BCUT2D eigenvalue weighted by atomic mass is 9.98. The monoisotopic (exact) mass is 438 g/mol. The molecule has 3 aromatic carbocycles. The van der Waals surface area contributed by atoms with Crippen LogP contribution in [0, 0.1) is 0 Å². The van der Waals surface area contributed by atoms with Gasteiger partial charge in [0.2, 0.25) is 0 Å². The van der Waals surface area contributed by atoms with Gasteiger partial charge in [-0.25, -0.2) is 9.97 Å². The highest BCUT2D eigenvalue weighted by Crippen LogP contribution is 2.29. The van der Waals surface area contributed by atoms with Crippen LogP contribution in [0.25, 0.3) is 33.4 Å². The maximum absolute atomic E-state index is 4.97. The van der Waals surface area contributed by atoms with E-state index in [2.05, 4.69) is 73.4 Å². The van der Waals surface area contributed by atoms with Crippen molar-refractivity contribution in [3.05, 3.63) is 145 Å². The van der Waals surface area contributed by atoms with Crippen LogP contribution in [0.3, 0.4) is 0 Å². The van der Waals surface area contributed by atoms with Gasteiger partial charge in [0.15, 0.2) is 5.82 Å². The summed E-state index contributed by atoms with van der Waals surface area (Å²) in [5.74, 6) is 0.707. The van der Waals surface area contributed by atoms with Crippen molar-refractivity contribution < 1.29 is 0 Å². The summed E-state index contributed by atoms with van der Waals surface area (Å²) in [5.41, 5.74) is 7.07. The van der Waals surface area contributed by atoms with Gasteiger partial charge in [-0.2, -0.15) is 0 Å². The Kier molecular flexibility index (Phi) is 6.40. The number of hydrogen-bond donors (Lipinski definition) is 0. The van der Waals surface area contributed by atoms with E-state index in [0.717, 1.165) is 51.7 Å². The number of nitrogens with zero attached hydrogens (tertiary/aromatic N) is 2. The Hall–Kier alpha value is -4.30. The van der Waals surface area contributed by atoms with Gasteiger partial charge in [0.05, 0.1) is 11.2 Å². The summed E-state index contributed by atoms with van der Waals surface area (Å²) in [6.07, 6.45) is 15.4. The lowest BCUT2D eigenvalue weighted by Crippen LogP contribution is -1.97. The first-order valence-electron chi connectivity index (χ1n) is 11.6. The van der Waals surface area contributed by atoms with Gasteiger partial charge in [0, 0.05) is 10.9 Å². The van der Waals surface area contributed by atoms with Gasteiger partial charge in [0.1, 0.15) is 0 Å². The highest BCUT2D eigenvalue weighted by Gasteiger charge is 2.11. The van der Waals surface area contributed by atoms with Crippen molar-refractivity contribution in [2.24, 2.45) is 0 Å². The molecule has 1 aliphatic carbocycles. The van der Waals surface area contributed by atoms with Crippen molar-refractivity contribution in [1.82, 2.24) is 9.97 Å². The molecule has 1 aliphatic rings. The van der Waals surface area contributed by atoms with Crippen LogP contribution in [0.15, 0.2) is 134 Å². The molecule has 0 saturated heterocycles. The van der Waals surface area contributed by atoms with E-state index in [1.807, 2.05) is 54.6 Å². The molecular formula is C32H26N2. The standard InChI is InChI=1S/C32H26N2/c1-24(23-28(26-15-7-3-8-16-26)22-21-25-13-5-2-6-14-25)31-29-19-11-12-20-30(29)33-32(34-31)27-17-9-4-10-18-27/h3-5,7-23H,1-2,6H2/b22-21+,28-23+. The first-order valence-corrected chi connectivity index (χ1v) is 11.6. The number of rotatable bonds is 6. The van der Waals surface area contributed by atoms with Crippen molar-refractivity contribution >= 4 is 22.0 Å². The second-order valence-electron chi connectivity index (χ2n) is 8.29. The number of fused-ring (bicyclic) bond motifs is 1. The molecule has 34 heavy (non-hydrogen) atoms. The largest absolute Gasteiger partial charge is 0.228 e. The second-order valence-corrected chi connectivity index (χ2v) is 8.29. The molecule has 0 spiro atoms. The first kappa shape index (κ1) is 21.5. The summed E-state index contributed by atoms with van der Waals surface area (Å²) in [6.45, 7) is 4.44. The molecule has 0 aliphatic heterocycles. The molecule has 2 nitrogen and oxygen atoms in total. The van der Waals surface area contributed by atoms with E-state index in [1.165, 1.54) is 5.57 Å². The average molecular weight is 439 g/mol. The van der Waals surface area contributed by atoms with E-state index in [9.17, 15) is 0 Å². The molecule has 0 radical (unpaired) electrons. The third kappa shape index (κ3) is 4.87. The van der Waals surface area contributed by atoms with Gasteiger partial charge in [-0.3, -0.25) is 0 Å². The Morgan fingerprint density at radius 3 is 2.29 bits per heavy atom. The maximum atomic E-state index is 4.97. The van der Waals surface area contributed by atoms with Gasteiger partial charge >= 0.3 is 0 Å². The molecule has 0 fully saturated rings. The Bertz CT molecular complexity index is 1440. The number of benzene rings is 3. The molecule has 0 saturated carbocycles. The van der Waals surface area contributed by atoms with E-state index in [0.29, 0.717) is 5.82 Å². The Balaban J connectivity index is 1.60. The first-order chi connectivity index (χ1) is 16.8. The zero-order valence-electron chi connectivity index (χ0n) is 19.1. The fraction of sp³-hybridized carbons (Fsp3) is 0.0625. The summed E-state index contributed by atoms with van der Waals surface area (Å²) in [7, 11) is 0. The summed E-state index contributed by atoms with van der Waals surface area (Å²) in [6, 6.07) is 28.6. The minimum absolute atomic E-state index is 0.707. The molecule has 0 amide bonds. The highest BCUT2D eigenvalue weighted by atomic mass is 14.9. The molecule has 2 heteroatoms. The third-order valence-corrected chi connectivity index (χ3v) is 5.86. The van der Waals surface area contributed by atoms with Gasteiger partial charge in [0.25, 0.3) is 0 Å². The lowest BCUT2D eigenvalue weighted by Gasteiger charge is -2.11. The predicted octanol–water partition coefficient (Wildman–Crippen LogP) is 8.23. The molecule has 1 heterocycles. The topological polar surface area (TPSA) is 25.8 Å². The van der Waals surface area contributed by atoms with E-state index in [4.69, 9.17) is 9.97 Å². The Morgan fingerprint density at radius 1 is 0.794 bits per heavy atom. The van der Waals surface area contributed by atoms with Crippen LogP contribution in [-0.2, 0) is 0 Å². The van der Waals surface area contributed by atoms with Crippen molar-refractivity contribution in [1.29, 1.82) is 0 Å². The summed E-state index contributed by atoms with van der Waals surface area (Å²) in [5, 5.41) is 0.998. The van der Waals surface area contributed by atoms with Gasteiger partial charge in [-0.1, -0.05) is 116 Å². The minimum atomic E-state index is 0.707. The fourth-order valence-electron chi connectivity index (χ4n) is 4.10. The third-order valence-electron chi connectivity index (χ3n) is 5.86. The molecule has 164 valence electrons. The molecule has 4 aromatic rings. The van der Waals surface area contributed by atoms with Crippen LogP contribution < -0.4 is 0 Å². The zero-order valence-corrected chi connectivity index (χ0v) is 19.1. The van der Waals surface area contributed by atoms with Crippen LogP contribution in [0.1, 0.15) is 24.1 Å². The Labute approximate surface area is 201 Å². The van der Waals surface area contributed by atoms with Crippen LogP contribution in [0.2, 0.25) is 0 Å². The van der Waals surface area contributed by atoms with E-state index < -0.39 is 0 Å². The molecule has 5 rings (SSSR count). The predicted molar refractivity (Wildman–Crippen MR) is 144 cm³/mol.